The van der Waals surface area contributed by atoms with Crippen LogP contribution < -0.4 is 5.32 Å². The van der Waals surface area contributed by atoms with Crippen molar-refractivity contribution in [2.75, 3.05) is 20.6 Å². The monoisotopic (exact) mass is 202 g/mol. The highest BCUT2D eigenvalue weighted by atomic mass is 16.6. The summed E-state index contributed by atoms with van der Waals surface area (Å²) in [6.45, 7) is 0.684. The molecule has 0 radical (unpaired) electrons. The Kier molecular flexibility index (Phi) is 3.29. The molecular weight excluding hydrogens is 188 g/mol. The van der Waals surface area contributed by atoms with Crippen molar-refractivity contribution in [2.24, 2.45) is 0 Å². The smallest absolute Gasteiger partial charge is 0.408 e. The Bertz CT molecular complexity index is 241. The van der Waals surface area contributed by atoms with E-state index in [2.05, 4.69) is 5.32 Å². The molecule has 0 aromatic carbocycles. The Morgan fingerprint density at radius 2 is 2.29 bits per heavy atom. The number of carbonyl (C=O) groups is 2. The highest BCUT2D eigenvalue weighted by Gasteiger charge is 2.38. The minimum Gasteiger partial charge on any atom is -0.480 e. The van der Waals surface area contributed by atoms with E-state index in [4.69, 9.17) is 9.84 Å². The van der Waals surface area contributed by atoms with E-state index in [9.17, 15) is 9.59 Å². The average molecular weight is 202 g/mol. The lowest BCUT2D eigenvalue weighted by molar-refractivity contribution is -0.140. The van der Waals surface area contributed by atoms with Crippen molar-refractivity contribution in [3.05, 3.63) is 0 Å². The van der Waals surface area contributed by atoms with Gasteiger partial charge in [0, 0.05) is 6.54 Å². The van der Waals surface area contributed by atoms with Gasteiger partial charge in [-0.15, -0.1) is 0 Å². The van der Waals surface area contributed by atoms with Crippen molar-refractivity contribution in [3.63, 3.8) is 0 Å². The molecule has 2 N–H and O–H groups in total. The van der Waals surface area contributed by atoms with Gasteiger partial charge in [-0.2, -0.15) is 0 Å². The van der Waals surface area contributed by atoms with Gasteiger partial charge in [-0.05, 0) is 20.5 Å². The molecule has 6 heteroatoms. The first-order chi connectivity index (χ1) is 6.50. The van der Waals surface area contributed by atoms with Crippen molar-refractivity contribution < 1.29 is 19.4 Å². The molecule has 0 spiro atoms. The Hall–Kier alpha value is -1.30. The van der Waals surface area contributed by atoms with Gasteiger partial charge in [-0.25, -0.2) is 9.59 Å². The fraction of sp³-hybridized carbons (Fsp3) is 0.750. The van der Waals surface area contributed by atoms with Crippen LogP contribution in [0.4, 0.5) is 4.79 Å². The summed E-state index contributed by atoms with van der Waals surface area (Å²) < 4.78 is 4.83. The van der Waals surface area contributed by atoms with Crippen LogP contribution in [0.1, 0.15) is 6.42 Å². The molecule has 80 valence electrons. The second-order valence-electron chi connectivity index (χ2n) is 3.50. The van der Waals surface area contributed by atoms with E-state index in [0.29, 0.717) is 13.0 Å². The number of aliphatic carboxylic acids is 1. The largest absolute Gasteiger partial charge is 0.480 e. The molecule has 1 heterocycles. The molecule has 0 bridgehead atoms. The Labute approximate surface area is 81.8 Å². The zero-order valence-electron chi connectivity index (χ0n) is 8.19. The SMILES string of the molecule is CN(C)CCC1OC(=O)NC1C(=O)O. The van der Waals surface area contributed by atoms with E-state index >= 15 is 0 Å². The van der Waals surface area contributed by atoms with Gasteiger partial charge in [0.25, 0.3) is 0 Å². The fourth-order valence-corrected chi connectivity index (χ4v) is 1.29. The molecule has 1 aliphatic heterocycles. The third-order valence-electron chi connectivity index (χ3n) is 2.03. The van der Waals surface area contributed by atoms with Gasteiger partial charge in [0.2, 0.25) is 0 Å². The number of hydrogen-bond donors (Lipinski definition) is 2. The van der Waals surface area contributed by atoms with Crippen molar-refractivity contribution in [1.29, 1.82) is 0 Å². The maximum atomic E-state index is 10.8. The number of nitrogens with one attached hydrogen (secondary N) is 1. The third kappa shape index (κ3) is 2.59. The molecule has 0 aliphatic carbocycles. The summed E-state index contributed by atoms with van der Waals surface area (Å²) in [5, 5.41) is 11.0. The topological polar surface area (TPSA) is 78.9 Å². The molecule has 14 heavy (non-hydrogen) atoms. The number of hydrogen-bond acceptors (Lipinski definition) is 4. The number of nitrogens with zero attached hydrogens (tertiary/aromatic N) is 1. The van der Waals surface area contributed by atoms with Crippen LogP contribution in [0, 0.1) is 0 Å². The summed E-state index contributed by atoms with van der Waals surface area (Å²) in [5.74, 6) is -1.06. The lowest BCUT2D eigenvalue weighted by Gasteiger charge is -2.15. The number of alkyl carbamates (subject to hydrolysis) is 1. The first kappa shape index (κ1) is 10.8. The van der Waals surface area contributed by atoms with E-state index < -0.39 is 24.2 Å². The predicted octanol–water partition coefficient (Wildman–Crippen LogP) is -0.500. The third-order valence-corrected chi connectivity index (χ3v) is 2.03. The second kappa shape index (κ2) is 4.28. The Morgan fingerprint density at radius 3 is 2.79 bits per heavy atom. The number of carboxylic acid groups (broad SMARTS) is 1. The van der Waals surface area contributed by atoms with Crippen molar-refractivity contribution >= 4 is 12.1 Å². The van der Waals surface area contributed by atoms with E-state index in [1.54, 1.807) is 0 Å². The molecule has 1 fully saturated rings. The minimum absolute atomic E-state index is 0.517. The highest BCUT2D eigenvalue weighted by molar-refractivity contribution is 5.83. The molecule has 2 atom stereocenters. The quantitative estimate of drug-likeness (QED) is 0.642. The van der Waals surface area contributed by atoms with Crippen LogP contribution in [-0.2, 0) is 9.53 Å². The molecule has 1 rings (SSSR count). The van der Waals surface area contributed by atoms with Gasteiger partial charge >= 0.3 is 12.1 Å². The van der Waals surface area contributed by atoms with Crippen LogP contribution in [0.15, 0.2) is 0 Å². The van der Waals surface area contributed by atoms with Gasteiger partial charge in [-0.1, -0.05) is 0 Å². The zero-order valence-corrected chi connectivity index (χ0v) is 8.19. The molecule has 1 saturated heterocycles. The van der Waals surface area contributed by atoms with Crippen LogP contribution in [-0.4, -0.2) is 54.9 Å². The van der Waals surface area contributed by atoms with E-state index in [0.717, 1.165) is 0 Å². The predicted molar refractivity (Wildman–Crippen MR) is 48.0 cm³/mol. The molecule has 0 aromatic heterocycles. The van der Waals surface area contributed by atoms with Crippen LogP contribution in [0.5, 0.6) is 0 Å². The molecule has 1 aliphatic rings. The standard InChI is InChI=1S/C8H14N2O4/c1-10(2)4-3-5-6(7(11)12)9-8(13)14-5/h5-6H,3-4H2,1-2H3,(H,9,13)(H,11,12). The van der Waals surface area contributed by atoms with E-state index in [1.807, 2.05) is 19.0 Å². The lowest BCUT2D eigenvalue weighted by atomic mass is 10.1. The molecule has 0 aromatic rings. The lowest BCUT2D eigenvalue weighted by Crippen LogP contribution is -2.40. The normalized spacial score (nSPS) is 26.1. The van der Waals surface area contributed by atoms with E-state index in [-0.39, 0.29) is 0 Å². The Morgan fingerprint density at radius 1 is 1.64 bits per heavy atom. The number of carbonyl (C=O) groups excluding carboxylic acids is 1. The fourth-order valence-electron chi connectivity index (χ4n) is 1.29. The summed E-state index contributed by atoms with van der Waals surface area (Å²) in [5.41, 5.74) is 0. The van der Waals surface area contributed by atoms with E-state index in [1.165, 1.54) is 0 Å². The average Bonchev–Trinajstić information content (AvgIpc) is 2.43. The van der Waals surface area contributed by atoms with Crippen molar-refractivity contribution in [2.45, 2.75) is 18.6 Å². The first-order valence-corrected chi connectivity index (χ1v) is 4.35. The first-order valence-electron chi connectivity index (χ1n) is 4.35. The number of rotatable bonds is 4. The van der Waals surface area contributed by atoms with Gasteiger partial charge in [0.05, 0.1) is 0 Å². The van der Waals surface area contributed by atoms with Crippen LogP contribution in [0.3, 0.4) is 0 Å². The zero-order chi connectivity index (χ0) is 10.7. The summed E-state index contributed by atoms with van der Waals surface area (Å²) >= 11 is 0. The van der Waals surface area contributed by atoms with Gasteiger partial charge in [-0.3, -0.25) is 0 Å². The number of cyclic esters (lactones) is 1. The van der Waals surface area contributed by atoms with Crippen molar-refractivity contribution in [1.82, 2.24) is 10.2 Å². The molecule has 0 saturated carbocycles. The van der Waals surface area contributed by atoms with Crippen LogP contribution >= 0.6 is 0 Å². The number of ether oxygens (including phenoxy) is 1. The maximum Gasteiger partial charge on any atom is 0.408 e. The summed E-state index contributed by atoms with van der Waals surface area (Å²) in [6, 6.07) is -0.914. The number of amides is 1. The highest BCUT2D eigenvalue weighted by Crippen LogP contribution is 2.12. The second-order valence-corrected chi connectivity index (χ2v) is 3.50. The molecular formula is C8H14N2O4. The van der Waals surface area contributed by atoms with Gasteiger partial charge < -0.3 is 20.1 Å². The molecule has 1 amide bonds. The molecule has 6 nitrogen and oxygen atoms in total. The summed E-state index contributed by atoms with van der Waals surface area (Å²) in [6.07, 6.45) is -0.702. The molecule has 2 unspecified atom stereocenters. The minimum atomic E-state index is -1.06. The Balaban J connectivity index is 2.49. The summed E-state index contributed by atoms with van der Waals surface area (Å²) in [7, 11) is 3.75. The summed E-state index contributed by atoms with van der Waals surface area (Å²) in [4.78, 5) is 23.4. The van der Waals surface area contributed by atoms with Crippen LogP contribution in [0.25, 0.3) is 0 Å². The van der Waals surface area contributed by atoms with Crippen molar-refractivity contribution in [3.8, 4) is 0 Å². The maximum absolute atomic E-state index is 10.8. The van der Waals surface area contributed by atoms with Crippen LogP contribution in [0.2, 0.25) is 0 Å². The number of carboxylic acids is 1. The van der Waals surface area contributed by atoms with Gasteiger partial charge in [0.15, 0.2) is 6.04 Å². The van der Waals surface area contributed by atoms with Gasteiger partial charge in [0.1, 0.15) is 6.10 Å².